The minimum absolute atomic E-state index is 0.0980. The summed E-state index contributed by atoms with van der Waals surface area (Å²) >= 11 is 0. The molecule has 1 aromatic heterocycles. The number of methoxy groups -OCH3 is 2. The largest absolute Gasteiger partial charge is 0.493 e. The first-order valence-corrected chi connectivity index (χ1v) is 6.99. The van der Waals surface area contributed by atoms with E-state index in [-0.39, 0.29) is 11.3 Å². The molecule has 0 bridgehead atoms. The van der Waals surface area contributed by atoms with Crippen LogP contribution < -0.4 is 15.1 Å². The van der Waals surface area contributed by atoms with Crippen molar-refractivity contribution in [1.82, 2.24) is 0 Å². The second-order valence-corrected chi connectivity index (χ2v) is 4.96. The molecule has 0 aliphatic heterocycles. The molecule has 0 atom stereocenters. The summed E-state index contributed by atoms with van der Waals surface area (Å²) in [4.78, 5) is 22.7. The van der Waals surface area contributed by atoms with Crippen LogP contribution in [-0.2, 0) is 0 Å². The van der Waals surface area contributed by atoms with Crippen LogP contribution in [0, 0.1) is 10.1 Å². The van der Waals surface area contributed by atoms with E-state index in [9.17, 15) is 14.9 Å². The summed E-state index contributed by atoms with van der Waals surface area (Å²) in [5.74, 6) is 0.826. The second kappa shape index (κ2) is 6.04. The molecule has 24 heavy (non-hydrogen) atoms. The maximum absolute atomic E-state index is 11.9. The molecule has 3 aromatic rings. The van der Waals surface area contributed by atoms with E-state index in [1.54, 1.807) is 24.3 Å². The fraction of sp³-hybridized carbons (Fsp3) is 0.118. The van der Waals surface area contributed by atoms with Crippen LogP contribution in [0.15, 0.2) is 51.7 Å². The van der Waals surface area contributed by atoms with E-state index in [0.29, 0.717) is 28.0 Å². The summed E-state index contributed by atoms with van der Waals surface area (Å²) in [6.07, 6.45) is 0. The third-order valence-electron chi connectivity index (χ3n) is 3.64. The molecule has 0 radical (unpaired) electrons. The topological polar surface area (TPSA) is 91.8 Å². The van der Waals surface area contributed by atoms with Gasteiger partial charge in [-0.15, -0.1) is 0 Å². The van der Waals surface area contributed by atoms with Gasteiger partial charge < -0.3 is 13.9 Å². The third kappa shape index (κ3) is 2.56. The van der Waals surface area contributed by atoms with Crippen molar-refractivity contribution >= 4 is 16.7 Å². The van der Waals surface area contributed by atoms with E-state index in [1.807, 2.05) is 0 Å². The minimum atomic E-state index is -0.608. The van der Waals surface area contributed by atoms with E-state index in [2.05, 4.69) is 0 Å². The van der Waals surface area contributed by atoms with Crippen LogP contribution in [0.5, 0.6) is 11.5 Å². The van der Waals surface area contributed by atoms with Crippen molar-refractivity contribution in [2.24, 2.45) is 0 Å². The zero-order chi connectivity index (χ0) is 17.3. The summed E-state index contributed by atoms with van der Waals surface area (Å²) in [5.41, 5.74) is 0.275. The van der Waals surface area contributed by atoms with Gasteiger partial charge in [-0.2, -0.15) is 0 Å². The molecule has 0 saturated carbocycles. The average molecular weight is 327 g/mol. The Morgan fingerprint density at radius 3 is 2.33 bits per heavy atom. The fourth-order valence-electron chi connectivity index (χ4n) is 2.57. The zero-order valence-electron chi connectivity index (χ0n) is 12.9. The lowest BCUT2D eigenvalue weighted by atomic mass is 10.00. The van der Waals surface area contributed by atoms with Gasteiger partial charge in [-0.25, -0.2) is 4.79 Å². The van der Waals surface area contributed by atoms with Gasteiger partial charge in [0.15, 0.2) is 11.5 Å². The Hall–Kier alpha value is -3.35. The molecule has 0 unspecified atom stereocenters. The lowest BCUT2D eigenvalue weighted by molar-refractivity contribution is -0.384. The van der Waals surface area contributed by atoms with Crippen LogP contribution in [0.1, 0.15) is 0 Å². The van der Waals surface area contributed by atoms with Crippen molar-refractivity contribution in [2.75, 3.05) is 14.2 Å². The molecule has 3 rings (SSSR count). The van der Waals surface area contributed by atoms with Crippen molar-refractivity contribution in [1.29, 1.82) is 0 Å². The molecule has 0 aliphatic carbocycles. The zero-order valence-corrected chi connectivity index (χ0v) is 12.9. The summed E-state index contributed by atoms with van der Waals surface area (Å²) < 4.78 is 15.7. The number of hydrogen-bond donors (Lipinski definition) is 0. The molecule has 122 valence electrons. The first-order chi connectivity index (χ1) is 11.5. The highest BCUT2D eigenvalue weighted by atomic mass is 16.6. The molecule has 0 N–H and O–H groups in total. The Bertz CT molecular complexity index is 992. The van der Waals surface area contributed by atoms with Crippen molar-refractivity contribution in [3.05, 3.63) is 63.0 Å². The maximum atomic E-state index is 11.9. The summed E-state index contributed by atoms with van der Waals surface area (Å²) in [5, 5.41) is 11.8. The van der Waals surface area contributed by atoms with Crippen LogP contribution in [0.25, 0.3) is 22.1 Å². The van der Waals surface area contributed by atoms with Crippen LogP contribution >= 0.6 is 0 Å². The molecular formula is C17H13NO6. The van der Waals surface area contributed by atoms with Gasteiger partial charge in [-0.3, -0.25) is 10.1 Å². The Balaban J connectivity index is 2.41. The van der Waals surface area contributed by atoms with Crippen LogP contribution in [0.2, 0.25) is 0 Å². The minimum Gasteiger partial charge on any atom is -0.493 e. The standard InChI is InChI=1S/C17H13NO6/c1-22-15-7-12-11(10-5-3-4-6-13(10)18(20)21)8-17(19)24-14(12)9-16(15)23-2/h3-9H,1-2H3. The van der Waals surface area contributed by atoms with Crippen LogP contribution in [0.3, 0.4) is 0 Å². The Kier molecular flexibility index (Phi) is 3.91. The van der Waals surface area contributed by atoms with Crippen molar-refractivity contribution in [2.45, 2.75) is 0 Å². The molecule has 0 aliphatic rings. The lowest BCUT2D eigenvalue weighted by Crippen LogP contribution is -2.01. The summed E-state index contributed by atoms with van der Waals surface area (Å²) in [6.45, 7) is 0. The fourth-order valence-corrected chi connectivity index (χ4v) is 2.57. The molecule has 7 nitrogen and oxygen atoms in total. The van der Waals surface area contributed by atoms with Gasteiger partial charge >= 0.3 is 5.63 Å². The third-order valence-corrected chi connectivity index (χ3v) is 3.64. The van der Waals surface area contributed by atoms with Gasteiger partial charge in [-0.1, -0.05) is 12.1 Å². The first-order valence-electron chi connectivity index (χ1n) is 6.99. The van der Waals surface area contributed by atoms with E-state index >= 15 is 0 Å². The lowest BCUT2D eigenvalue weighted by Gasteiger charge is -2.11. The highest BCUT2D eigenvalue weighted by molar-refractivity contribution is 5.97. The number of nitro benzene ring substituents is 1. The Morgan fingerprint density at radius 1 is 1.00 bits per heavy atom. The van der Waals surface area contributed by atoms with Gasteiger partial charge in [0.2, 0.25) is 0 Å². The van der Waals surface area contributed by atoms with Gasteiger partial charge in [0.05, 0.1) is 24.7 Å². The number of hydrogen-bond acceptors (Lipinski definition) is 6. The highest BCUT2D eigenvalue weighted by Crippen LogP contribution is 2.38. The van der Waals surface area contributed by atoms with Gasteiger partial charge in [0, 0.05) is 29.1 Å². The SMILES string of the molecule is COc1cc2oc(=O)cc(-c3ccccc3[N+](=O)[O-])c2cc1OC. The number of para-hydroxylation sites is 1. The summed E-state index contributed by atoms with van der Waals surface area (Å²) in [6, 6.07) is 10.6. The number of nitro groups is 1. The highest BCUT2D eigenvalue weighted by Gasteiger charge is 2.19. The Morgan fingerprint density at radius 2 is 1.67 bits per heavy atom. The molecular weight excluding hydrogens is 314 g/mol. The predicted molar refractivity (Wildman–Crippen MR) is 87.7 cm³/mol. The normalized spacial score (nSPS) is 10.6. The molecule has 0 saturated heterocycles. The second-order valence-electron chi connectivity index (χ2n) is 4.96. The number of nitrogens with zero attached hydrogens (tertiary/aromatic N) is 1. The smallest absolute Gasteiger partial charge is 0.336 e. The molecule has 7 heteroatoms. The van der Waals surface area contributed by atoms with E-state index in [0.717, 1.165) is 0 Å². The quantitative estimate of drug-likeness (QED) is 0.414. The first kappa shape index (κ1) is 15.5. The van der Waals surface area contributed by atoms with Crippen molar-refractivity contribution in [3.63, 3.8) is 0 Å². The van der Waals surface area contributed by atoms with Crippen LogP contribution in [-0.4, -0.2) is 19.1 Å². The monoisotopic (exact) mass is 327 g/mol. The number of benzene rings is 2. The molecule has 0 spiro atoms. The number of rotatable bonds is 4. The van der Waals surface area contributed by atoms with Crippen molar-refractivity contribution in [3.8, 4) is 22.6 Å². The average Bonchev–Trinajstić information content (AvgIpc) is 2.59. The Labute approximate surface area is 136 Å². The van der Waals surface area contributed by atoms with Crippen molar-refractivity contribution < 1.29 is 18.8 Å². The van der Waals surface area contributed by atoms with Gasteiger partial charge in [0.1, 0.15) is 5.58 Å². The molecule has 1 heterocycles. The molecule has 0 fully saturated rings. The molecule has 0 amide bonds. The van der Waals surface area contributed by atoms with Crippen LogP contribution in [0.4, 0.5) is 5.69 Å². The molecule has 2 aromatic carbocycles. The predicted octanol–water partition coefficient (Wildman–Crippen LogP) is 3.39. The number of fused-ring (bicyclic) bond motifs is 1. The van der Waals surface area contributed by atoms with Gasteiger partial charge in [0.25, 0.3) is 5.69 Å². The van der Waals surface area contributed by atoms with E-state index < -0.39 is 10.5 Å². The van der Waals surface area contributed by atoms with E-state index in [1.165, 1.54) is 32.4 Å². The summed E-state index contributed by atoms with van der Waals surface area (Å²) in [7, 11) is 2.95. The van der Waals surface area contributed by atoms with Gasteiger partial charge in [-0.05, 0) is 12.1 Å². The number of ether oxygens (including phenoxy) is 2. The maximum Gasteiger partial charge on any atom is 0.336 e. The van der Waals surface area contributed by atoms with E-state index in [4.69, 9.17) is 13.9 Å².